The fourth-order valence-corrected chi connectivity index (χ4v) is 11.0. The molecule has 0 bridgehead atoms. The van der Waals surface area contributed by atoms with Crippen molar-refractivity contribution >= 4 is 61.7 Å². The van der Waals surface area contributed by atoms with Gasteiger partial charge in [-0.2, -0.15) is 0 Å². The van der Waals surface area contributed by atoms with Crippen LogP contribution in [-0.4, -0.2) is 0 Å². The lowest BCUT2D eigenvalue weighted by Crippen LogP contribution is -2.19. The maximum Gasteiger partial charge on any atom is 0.0544 e. The number of hydrogen-bond donors (Lipinski definition) is 0. The zero-order chi connectivity index (χ0) is 43.5. The standard InChI is InChI=1S/C62H52N2/c1-61(2,3)39-35-53-54(57(37-39)63(41-19-9-7-10-20-41)55-33-31-49-45-25-15-13-23-43(45)47-27-17-29-51(55)59(47)49)36-40(62(4,5)6)38-58(53)64(42-21-11-8-12-22-42)56-34-32-50-46-26-16-14-24-44(46)48-28-18-30-52(56)60(48)50/h7-27,29-38,48H,28H2,1-6H3. The molecule has 3 aliphatic carbocycles. The molecule has 310 valence electrons. The van der Waals surface area contributed by atoms with Crippen molar-refractivity contribution in [3.05, 3.63) is 210 Å². The van der Waals surface area contributed by atoms with Crippen LogP contribution in [-0.2, 0) is 10.8 Å². The summed E-state index contributed by atoms with van der Waals surface area (Å²) in [6, 6.07) is 66.4. The Morgan fingerprint density at radius 3 is 1.52 bits per heavy atom. The van der Waals surface area contributed by atoms with E-state index in [0.717, 1.165) is 17.8 Å². The molecule has 0 radical (unpaired) electrons. The predicted molar refractivity (Wildman–Crippen MR) is 274 cm³/mol. The second kappa shape index (κ2) is 14.2. The van der Waals surface area contributed by atoms with E-state index in [4.69, 9.17) is 0 Å². The molecule has 0 heterocycles. The van der Waals surface area contributed by atoms with Gasteiger partial charge in [0.1, 0.15) is 0 Å². The van der Waals surface area contributed by atoms with Gasteiger partial charge < -0.3 is 9.80 Å². The summed E-state index contributed by atoms with van der Waals surface area (Å²) in [6.07, 6.45) is 5.82. The molecule has 0 spiro atoms. The minimum Gasteiger partial charge on any atom is -0.309 e. The number of benzene rings is 9. The topological polar surface area (TPSA) is 6.48 Å². The molecule has 9 aromatic carbocycles. The van der Waals surface area contributed by atoms with E-state index in [1.54, 1.807) is 0 Å². The maximum absolute atomic E-state index is 2.57. The van der Waals surface area contributed by atoms with Gasteiger partial charge in [0.15, 0.2) is 0 Å². The smallest absolute Gasteiger partial charge is 0.0544 e. The zero-order valence-corrected chi connectivity index (χ0v) is 37.6. The lowest BCUT2D eigenvalue weighted by molar-refractivity contribution is 0.589. The van der Waals surface area contributed by atoms with Crippen LogP contribution < -0.4 is 9.80 Å². The van der Waals surface area contributed by atoms with Gasteiger partial charge in [-0.05, 0) is 139 Å². The minimum atomic E-state index is -0.145. The van der Waals surface area contributed by atoms with Crippen LogP contribution in [0.3, 0.4) is 0 Å². The number of hydrogen-bond acceptors (Lipinski definition) is 2. The van der Waals surface area contributed by atoms with Crippen LogP contribution >= 0.6 is 0 Å². The number of para-hydroxylation sites is 2. The number of allylic oxidation sites excluding steroid dienone is 1. The van der Waals surface area contributed by atoms with Gasteiger partial charge in [-0.25, -0.2) is 0 Å². The first-order valence-electron chi connectivity index (χ1n) is 23.0. The third kappa shape index (κ3) is 5.85. The highest BCUT2D eigenvalue weighted by Gasteiger charge is 2.35. The number of anilines is 6. The molecular weight excluding hydrogens is 773 g/mol. The fourth-order valence-electron chi connectivity index (χ4n) is 11.0. The molecule has 0 saturated carbocycles. The van der Waals surface area contributed by atoms with Crippen LogP contribution in [0.1, 0.15) is 81.7 Å². The van der Waals surface area contributed by atoms with Gasteiger partial charge in [-0.1, -0.05) is 169 Å². The van der Waals surface area contributed by atoms with Crippen molar-refractivity contribution in [2.75, 3.05) is 9.80 Å². The quantitative estimate of drug-likeness (QED) is 0.165. The lowest BCUT2D eigenvalue weighted by Gasteiger charge is -2.35. The molecule has 0 N–H and O–H groups in total. The molecule has 12 rings (SSSR count). The molecule has 1 unspecified atom stereocenters. The normalized spacial score (nSPS) is 14.4. The Bertz CT molecular complexity index is 3350. The molecule has 0 aromatic heterocycles. The summed E-state index contributed by atoms with van der Waals surface area (Å²) in [4.78, 5) is 5.12. The average Bonchev–Trinajstić information content (AvgIpc) is 3.82. The maximum atomic E-state index is 2.57. The zero-order valence-electron chi connectivity index (χ0n) is 37.6. The van der Waals surface area contributed by atoms with Crippen molar-refractivity contribution in [2.24, 2.45) is 0 Å². The summed E-state index contributed by atoms with van der Waals surface area (Å²) in [7, 11) is 0. The van der Waals surface area contributed by atoms with Gasteiger partial charge in [-0.3, -0.25) is 0 Å². The molecule has 9 aromatic rings. The monoisotopic (exact) mass is 824 g/mol. The first-order valence-corrected chi connectivity index (χ1v) is 23.0. The molecule has 2 heteroatoms. The van der Waals surface area contributed by atoms with Gasteiger partial charge in [-0.15, -0.1) is 0 Å². The highest BCUT2D eigenvalue weighted by Crippen LogP contribution is 2.56. The summed E-state index contributed by atoms with van der Waals surface area (Å²) in [6.45, 7) is 14.1. The van der Waals surface area contributed by atoms with E-state index in [9.17, 15) is 0 Å². The minimum absolute atomic E-state index is 0.143. The number of rotatable bonds is 6. The molecule has 0 amide bonds. The van der Waals surface area contributed by atoms with Crippen molar-refractivity contribution in [3.63, 3.8) is 0 Å². The predicted octanol–water partition coefficient (Wildman–Crippen LogP) is 17.7. The van der Waals surface area contributed by atoms with Gasteiger partial charge in [0.2, 0.25) is 0 Å². The summed E-state index contributed by atoms with van der Waals surface area (Å²) in [5.41, 5.74) is 21.5. The van der Waals surface area contributed by atoms with Crippen LogP contribution in [0.25, 0.3) is 61.0 Å². The summed E-state index contributed by atoms with van der Waals surface area (Å²) < 4.78 is 0. The number of fused-ring (bicyclic) bond motifs is 7. The third-order valence-corrected chi connectivity index (χ3v) is 14.2. The van der Waals surface area contributed by atoms with Gasteiger partial charge >= 0.3 is 0 Å². The van der Waals surface area contributed by atoms with E-state index >= 15 is 0 Å². The van der Waals surface area contributed by atoms with Crippen LogP contribution in [0.5, 0.6) is 0 Å². The SMILES string of the molecule is CC(C)(C)c1cc(N(c2ccccc2)c2ccc3c4c(cccc24)-c2ccccc2-3)c2cc(C(C)(C)C)cc(N(c3ccccc3)c3ccc4c5c3C=CCC5c3ccccc3-4)c2c1. The molecule has 0 aliphatic heterocycles. The van der Waals surface area contributed by atoms with Crippen molar-refractivity contribution in [3.8, 4) is 33.4 Å². The highest BCUT2D eigenvalue weighted by atomic mass is 15.2. The first-order chi connectivity index (χ1) is 31.0. The largest absolute Gasteiger partial charge is 0.309 e. The van der Waals surface area contributed by atoms with Crippen LogP contribution in [0, 0.1) is 0 Å². The van der Waals surface area contributed by atoms with Crippen molar-refractivity contribution < 1.29 is 0 Å². The van der Waals surface area contributed by atoms with Crippen molar-refractivity contribution in [1.29, 1.82) is 0 Å². The number of nitrogens with zero attached hydrogens (tertiary/aromatic N) is 2. The van der Waals surface area contributed by atoms with Crippen molar-refractivity contribution in [2.45, 2.75) is 64.7 Å². The Morgan fingerprint density at radius 1 is 0.406 bits per heavy atom. The van der Waals surface area contributed by atoms with Crippen LogP contribution in [0.4, 0.5) is 34.1 Å². The van der Waals surface area contributed by atoms with E-state index in [1.165, 1.54) is 105 Å². The summed E-state index contributed by atoms with van der Waals surface area (Å²) in [5, 5.41) is 5.03. The average molecular weight is 825 g/mol. The molecule has 2 nitrogen and oxygen atoms in total. The second-order valence-electron chi connectivity index (χ2n) is 20.1. The fraction of sp³-hybridized carbons (Fsp3) is 0.161. The van der Waals surface area contributed by atoms with E-state index in [-0.39, 0.29) is 10.8 Å². The Kier molecular flexibility index (Phi) is 8.53. The second-order valence-corrected chi connectivity index (χ2v) is 20.1. The van der Waals surface area contributed by atoms with Crippen molar-refractivity contribution in [1.82, 2.24) is 0 Å². The Labute approximate surface area is 377 Å². The van der Waals surface area contributed by atoms with E-state index in [0.29, 0.717) is 5.92 Å². The Hall–Kier alpha value is -7.16. The van der Waals surface area contributed by atoms with E-state index < -0.39 is 0 Å². The first kappa shape index (κ1) is 38.5. The third-order valence-electron chi connectivity index (χ3n) is 14.2. The summed E-state index contributed by atoms with van der Waals surface area (Å²) in [5.74, 6) is 0.352. The molecule has 64 heavy (non-hydrogen) atoms. The lowest BCUT2D eigenvalue weighted by atomic mass is 9.81. The molecule has 3 aliphatic rings. The van der Waals surface area contributed by atoms with E-state index in [1.807, 2.05) is 0 Å². The van der Waals surface area contributed by atoms with Gasteiger partial charge in [0, 0.05) is 39.0 Å². The Balaban J connectivity index is 1.18. The highest BCUT2D eigenvalue weighted by molar-refractivity contribution is 6.20. The van der Waals surface area contributed by atoms with Crippen LogP contribution in [0.2, 0.25) is 0 Å². The summed E-state index contributed by atoms with van der Waals surface area (Å²) >= 11 is 0. The molecule has 0 saturated heterocycles. The van der Waals surface area contributed by atoms with Gasteiger partial charge in [0.25, 0.3) is 0 Å². The molecular formula is C62H52N2. The van der Waals surface area contributed by atoms with Crippen LogP contribution in [0.15, 0.2) is 182 Å². The molecule has 0 fully saturated rings. The molecule has 1 atom stereocenters. The Morgan fingerprint density at radius 2 is 0.906 bits per heavy atom. The van der Waals surface area contributed by atoms with Gasteiger partial charge in [0.05, 0.1) is 22.7 Å². The van der Waals surface area contributed by atoms with E-state index in [2.05, 4.69) is 239 Å².